The van der Waals surface area contributed by atoms with Crippen molar-refractivity contribution in [2.75, 3.05) is 19.5 Å². The maximum Gasteiger partial charge on any atom is 0.161 e. The molecule has 0 amide bonds. The van der Waals surface area contributed by atoms with Crippen molar-refractivity contribution in [2.45, 2.75) is 6.54 Å². The molecule has 1 N–H and O–H groups in total. The molecule has 0 aliphatic carbocycles. The van der Waals surface area contributed by atoms with Crippen LogP contribution >= 0.6 is 0 Å². The van der Waals surface area contributed by atoms with Gasteiger partial charge in [-0.1, -0.05) is 12.1 Å². The average molecular weight is 279 g/mol. The molecule has 0 fully saturated rings. The van der Waals surface area contributed by atoms with Gasteiger partial charge >= 0.3 is 0 Å². The lowest BCUT2D eigenvalue weighted by molar-refractivity contribution is 0.354. The standard InChI is InChI=1S/C15H15F2NO2/c1-19-13-7-6-10(8-14(13)20-2)9-18-15-11(16)4-3-5-12(15)17/h3-8,18H,9H2,1-2H3. The summed E-state index contributed by atoms with van der Waals surface area (Å²) in [4.78, 5) is 0. The quantitative estimate of drug-likeness (QED) is 0.907. The molecule has 0 saturated carbocycles. The molecule has 2 rings (SSSR count). The number of benzene rings is 2. The largest absolute Gasteiger partial charge is 0.493 e. The lowest BCUT2D eigenvalue weighted by Gasteiger charge is -2.11. The van der Waals surface area contributed by atoms with Gasteiger partial charge in [-0.15, -0.1) is 0 Å². The Morgan fingerprint density at radius 2 is 1.60 bits per heavy atom. The van der Waals surface area contributed by atoms with Gasteiger partial charge in [0.15, 0.2) is 11.5 Å². The van der Waals surface area contributed by atoms with Crippen molar-refractivity contribution >= 4 is 5.69 Å². The Morgan fingerprint density at radius 1 is 0.950 bits per heavy atom. The molecule has 2 aromatic rings. The predicted molar refractivity (Wildman–Crippen MR) is 73.2 cm³/mol. The van der Waals surface area contributed by atoms with Crippen LogP contribution in [0.3, 0.4) is 0 Å². The van der Waals surface area contributed by atoms with Crippen LogP contribution < -0.4 is 14.8 Å². The van der Waals surface area contributed by atoms with Crippen LogP contribution in [0, 0.1) is 11.6 Å². The normalized spacial score (nSPS) is 10.2. The van der Waals surface area contributed by atoms with Crippen LogP contribution in [0.4, 0.5) is 14.5 Å². The summed E-state index contributed by atoms with van der Waals surface area (Å²) in [5.74, 6) is -0.0647. The summed E-state index contributed by atoms with van der Waals surface area (Å²) in [5, 5.41) is 2.74. The van der Waals surface area contributed by atoms with E-state index < -0.39 is 11.6 Å². The van der Waals surface area contributed by atoms with Crippen molar-refractivity contribution in [1.82, 2.24) is 0 Å². The summed E-state index contributed by atoms with van der Waals surface area (Å²) in [5.41, 5.74) is 0.688. The number of hydrogen-bond acceptors (Lipinski definition) is 3. The van der Waals surface area contributed by atoms with E-state index >= 15 is 0 Å². The molecule has 0 spiro atoms. The number of anilines is 1. The maximum absolute atomic E-state index is 13.5. The van der Waals surface area contributed by atoms with E-state index in [0.29, 0.717) is 11.5 Å². The molecule has 0 aliphatic heterocycles. The first-order chi connectivity index (χ1) is 9.65. The van der Waals surface area contributed by atoms with Crippen LogP contribution in [0.1, 0.15) is 5.56 Å². The zero-order chi connectivity index (χ0) is 14.5. The number of hydrogen-bond donors (Lipinski definition) is 1. The highest BCUT2D eigenvalue weighted by Crippen LogP contribution is 2.28. The van der Waals surface area contributed by atoms with Gasteiger partial charge < -0.3 is 14.8 Å². The lowest BCUT2D eigenvalue weighted by atomic mass is 10.2. The third-order valence-electron chi connectivity index (χ3n) is 2.88. The first-order valence-electron chi connectivity index (χ1n) is 6.04. The smallest absolute Gasteiger partial charge is 0.161 e. The van der Waals surface area contributed by atoms with Gasteiger partial charge in [0.05, 0.1) is 14.2 Å². The van der Waals surface area contributed by atoms with E-state index in [9.17, 15) is 8.78 Å². The van der Waals surface area contributed by atoms with Gasteiger partial charge in [0.25, 0.3) is 0 Å². The highest BCUT2D eigenvalue weighted by atomic mass is 19.1. The second kappa shape index (κ2) is 6.23. The average Bonchev–Trinajstić information content (AvgIpc) is 2.46. The Balaban J connectivity index is 2.15. The van der Waals surface area contributed by atoms with Crippen molar-refractivity contribution in [2.24, 2.45) is 0 Å². The lowest BCUT2D eigenvalue weighted by Crippen LogP contribution is -2.04. The van der Waals surface area contributed by atoms with E-state index in [1.165, 1.54) is 25.3 Å². The molecule has 5 heteroatoms. The van der Waals surface area contributed by atoms with Crippen molar-refractivity contribution in [3.05, 3.63) is 53.6 Å². The van der Waals surface area contributed by atoms with Crippen LogP contribution in [-0.4, -0.2) is 14.2 Å². The third kappa shape index (κ3) is 2.99. The summed E-state index contributed by atoms with van der Waals surface area (Å²) < 4.78 is 37.2. The van der Waals surface area contributed by atoms with Gasteiger partial charge in [-0.25, -0.2) is 8.78 Å². The van der Waals surface area contributed by atoms with Crippen molar-refractivity contribution in [3.63, 3.8) is 0 Å². The molecule has 0 aromatic heterocycles. The van der Waals surface area contributed by atoms with Crippen molar-refractivity contribution in [3.8, 4) is 11.5 Å². The van der Waals surface area contributed by atoms with E-state index in [1.807, 2.05) is 0 Å². The van der Waals surface area contributed by atoms with Gasteiger partial charge in [-0.05, 0) is 29.8 Å². The minimum Gasteiger partial charge on any atom is -0.493 e. The van der Waals surface area contributed by atoms with Crippen molar-refractivity contribution in [1.29, 1.82) is 0 Å². The van der Waals surface area contributed by atoms with E-state index in [4.69, 9.17) is 9.47 Å². The first kappa shape index (κ1) is 14.1. The fourth-order valence-electron chi connectivity index (χ4n) is 1.85. The van der Waals surface area contributed by atoms with Crippen molar-refractivity contribution < 1.29 is 18.3 Å². The Kier molecular flexibility index (Phi) is 4.40. The zero-order valence-electron chi connectivity index (χ0n) is 11.2. The Hall–Kier alpha value is -2.30. The number of nitrogens with one attached hydrogen (secondary N) is 1. The number of methoxy groups -OCH3 is 2. The molecule has 3 nitrogen and oxygen atoms in total. The predicted octanol–water partition coefficient (Wildman–Crippen LogP) is 3.59. The molecular weight excluding hydrogens is 264 g/mol. The SMILES string of the molecule is COc1ccc(CNc2c(F)cccc2F)cc1OC. The van der Waals surface area contributed by atoms with Crippen LogP contribution in [0.5, 0.6) is 11.5 Å². The second-order valence-electron chi connectivity index (χ2n) is 4.14. The van der Waals surface area contributed by atoms with Crippen LogP contribution in [-0.2, 0) is 6.54 Å². The summed E-state index contributed by atoms with van der Waals surface area (Å²) in [6, 6.07) is 9.04. The Labute approximate surface area is 116 Å². The molecule has 0 radical (unpaired) electrons. The molecular formula is C15H15F2NO2. The summed E-state index contributed by atoms with van der Waals surface area (Å²) in [6.07, 6.45) is 0. The molecule has 2 aromatic carbocycles. The highest BCUT2D eigenvalue weighted by molar-refractivity contribution is 5.48. The van der Waals surface area contributed by atoms with Crippen LogP contribution in [0.25, 0.3) is 0 Å². The zero-order valence-corrected chi connectivity index (χ0v) is 11.2. The molecule has 0 unspecified atom stereocenters. The molecule has 106 valence electrons. The fourth-order valence-corrected chi connectivity index (χ4v) is 1.85. The highest BCUT2D eigenvalue weighted by Gasteiger charge is 2.09. The van der Waals surface area contributed by atoms with Gasteiger partial charge in [0.1, 0.15) is 17.3 Å². The molecule has 0 atom stereocenters. The van der Waals surface area contributed by atoms with Gasteiger partial charge in [-0.3, -0.25) is 0 Å². The number of ether oxygens (including phenoxy) is 2. The van der Waals surface area contributed by atoms with Gasteiger partial charge in [0, 0.05) is 6.54 Å². The Bertz CT molecular complexity index is 582. The number of rotatable bonds is 5. The summed E-state index contributed by atoms with van der Waals surface area (Å²) in [6.45, 7) is 0.276. The third-order valence-corrected chi connectivity index (χ3v) is 2.88. The number of para-hydroxylation sites is 1. The molecule has 0 heterocycles. The van der Waals surface area contributed by atoms with Crippen LogP contribution in [0.15, 0.2) is 36.4 Å². The fraction of sp³-hybridized carbons (Fsp3) is 0.200. The first-order valence-corrected chi connectivity index (χ1v) is 6.04. The maximum atomic E-state index is 13.5. The second-order valence-corrected chi connectivity index (χ2v) is 4.14. The topological polar surface area (TPSA) is 30.5 Å². The minimum atomic E-state index is -0.620. The van der Waals surface area contributed by atoms with Gasteiger partial charge in [0.2, 0.25) is 0 Å². The van der Waals surface area contributed by atoms with E-state index in [0.717, 1.165) is 5.56 Å². The van der Waals surface area contributed by atoms with Gasteiger partial charge in [-0.2, -0.15) is 0 Å². The van der Waals surface area contributed by atoms with E-state index in [1.54, 1.807) is 25.3 Å². The monoisotopic (exact) mass is 279 g/mol. The van der Waals surface area contributed by atoms with Crippen LogP contribution in [0.2, 0.25) is 0 Å². The van der Waals surface area contributed by atoms with E-state index in [-0.39, 0.29) is 12.2 Å². The number of halogens is 2. The molecule has 0 saturated heterocycles. The molecule has 0 bridgehead atoms. The molecule has 0 aliphatic rings. The summed E-state index contributed by atoms with van der Waals surface area (Å²) in [7, 11) is 3.08. The minimum absolute atomic E-state index is 0.137. The summed E-state index contributed by atoms with van der Waals surface area (Å²) >= 11 is 0. The molecule has 20 heavy (non-hydrogen) atoms. The Morgan fingerprint density at radius 3 is 2.20 bits per heavy atom. The van der Waals surface area contributed by atoms with E-state index in [2.05, 4.69) is 5.32 Å².